The molecule has 2 aromatic heterocycles. The number of primary amides is 1. The number of rotatable bonds is 8. The van der Waals surface area contributed by atoms with Gasteiger partial charge in [0.25, 0.3) is 5.91 Å². The number of nitrogens with zero attached hydrogens (tertiary/aromatic N) is 3. The minimum absolute atomic E-state index is 0.131. The van der Waals surface area contributed by atoms with Crippen LogP contribution >= 0.6 is 15.9 Å². The minimum Gasteiger partial charge on any atom is -0.443 e. The largest absolute Gasteiger partial charge is 0.443 e. The van der Waals surface area contributed by atoms with Crippen molar-refractivity contribution in [2.45, 2.75) is 12.8 Å². The number of hydrogen-bond acceptors (Lipinski definition) is 6. The van der Waals surface area contributed by atoms with Gasteiger partial charge in [-0.2, -0.15) is 0 Å². The van der Waals surface area contributed by atoms with Crippen LogP contribution in [0.25, 0.3) is 11.3 Å². The SMILES string of the molecule is C=CC=NC.CF.NC(=O)c1ccc(-c2ocnc2C(=O)NCCCc2cncc(F)c2)cc1Br. The Balaban J connectivity index is 0.000000779. The van der Waals surface area contributed by atoms with E-state index in [1.807, 2.05) is 0 Å². The first-order chi connectivity index (χ1) is 16.9. The monoisotopic (exact) mass is 549 g/mol. The topological polar surface area (TPSA) is 123 Å². The number of halogens is 3. The summed E-state index contributed by atoms with van der Waals surface area (Å²) in [5.41, 5.74) is 7.07. The van der Waals surface area contributed by atoms with Crippen LogP contribution in [0.15, 0.2) is 69.6 Å². The standard InChI is InChI=1S/C19H16BrFN4O3.C4H7N.CH3F/c20-15-7-12(3-4-14(15)18(22)26)17-16(25-10-28-17)19(27)24-5-1-2-11-6-13(21)9-23-8-11;1-3-4-5-2;1-2/h3-4,6-10H,1-2,5H2,(H2,22,26)(H,24,27);3-4H,1H2,2H3;1H3. The summed E-state index contributed by atoms with van der Waals surface area (Å²) in [6, 6.07) is 6.21. The van der Waals surface area contributed by atoms with Crippen molar-refractivity contribution < 1.29 is 22.8 Å². The summed E-state index contributed by atoms with van der Waals surface area (Å²) in [7, 11) is 2.21. The average Bonchev–Trinajstić information content (AvgIpc) is 3.34. The fourth-order valence-corrected chi connectivity index (χ4v) is 3.32. The Hall–Kier alpha value is -3.73. The number of aliphatic imine (C=N–C) groups is 1. The van der Waals surface area contributed by atoms with Crippen molar-refractivity contribution in [2.75, 3.05) is 20.8 Å². The molecule has 0 atom stereocenters. The molecule has 0 saturated carbocycles. The summed E-state index contributed by atoms with van der Waals surface area (Å²) < 4.78 is 28.5. The Morgan fingerprint density at radius 3 is 2.60 bits per heavy atom. The van der Waals surface area contributed by atoms with Gasteiger partial charge in [-0.1, -0.05) is 18.7 Å². The number of benzene rings is 1. The van der Waals surface area contributed by atoms with Crippen LogP contribution in [-0.2, 0) is 6.42 Å². The Morgan fingerprint density at radius 1 is 1.29 bits per heavy atom. The molecule has 3 aromatic rings. The van der Waals surface area contributed by atoms with Crippen LogP contribution in [0.5, 0.6) is 0 Å². The smallest absolute Gasteiger partial charge is 0.273 e. The number of aromatic nitrogens is 2. The van der Waals surface area contributed by atoms with E-state index in [4.69, 9.17) is 10.2 Å². The van der Waals surface area contributed by atoms with Crippen molar-refractivity contribution >= 4 is 34.0 Å². The highest BCUT2D eigenvalue weighted by Crippen LogP contribution is 2.28. The number of allylic oxidation sites excluding steroid dienone is 1. The van der Waals surface area contributed by atoms with Crippen LogP contribution in [0.3, 0.4) is 0 Å². The molecular formula is C24H26BrF2N5O3. The van der Waals surface area contributed by atoms with Gasteiger partial charge in [-0.05, 0) is 52.5 Å². The predicted octanol–water partition coefficient (Wildman–Crippen LogP) is 4.56. The van der Waals surface area contributed by atoms with E-state index < -0.39 is 11.8 Å². The zero-order chi connectivity index (χ0) is 26.2. The molecule has 0 aliphatic carbocycles. The minimum atomic E-state index is -0.567. The van der Waals surface area contributed by atoms with Crippen LogP contribution in [-0.4, -0.2) is 48.8 Å². The first-order valence-electron chi connectivity index (χ1n) is 10.2. The molecule has 0 unspecified atom stereocenters. The zero-order valence-corrected chi connectivity index (χ0v) is 20.9. The first-order valence-corrected chi connectivity index (χ1v) is 11.0. The van der Waals surface area contributed by atoms with Gasteiger partial charge in [0.05, 0.1) is 18.9 Å². The molecule has 186 valence electrons. The number of nitrogens with one attached hydrogen (secondary N) is 1. The van der Waals surface area contributed by atoms with E-state index in [1.54, 1.807) is 43.7 Å². The summed E-state index contributed by atoms with van der Waals surface area (Å²) in [5, 5.41) is 2.76. The molecular weight excluding hydrogens is 524 g/mol. The van der Waals surface area contributed by atoms with Crippen molar-refractivity contribution in [3.05, 3.63) is 82.8 Å². The highest BCUT2D eigenvalue weighted by Gasteiger charge is 2.19. The average molecular weight is 550 g/mol. The van der Waals surface area contributed by atoms with E-state index in [1.165, 1.54) is 12.5 Å². The van der Waals surface area contributed by atoms with E-state index >= 15 is 0 Å². The molecule has 0 fully saturated rings. The summed E-state index contributed by atoms with van der Waals surface area (Å²) in [6.45, 7) is 3.78. The fourth-order valence-electron chi connectivity index (χ4n) is 2.75. The maximum Gasteiger partial charge on any atom is 0.273 e. The van der Waals surface area contributed by atoms with Crippen LogP contribution in [0.2, 0.25) is 0 Å². The molecule has 0 bridgehead atoms. The third-order valence-corrected chi connectivity index (χ3v) is 4.88. The molecule has 11 heteroatoms. The molecule has 8 nitrogen and oxygen atoms in total. The molecule has 2 heterocycles. The molecule has 0 saturated heterocycles. The van der Waals surface area contributed by atoms with Crippen molar-refractivity contribution in [3.8, 4) is 11.3 Å². The zero-order valence-electron chi connectivity index (χ0n) is 19.3. The molecule has 1 aromatic carbocycles. The van der Waals surface area contributed by atoms with Crippen LogP contribution in [0.4, 0.5) is 8.78 Å². The van der Waals surface area contributed by atoms with E-state index in [0.29, 0.717) is 42.2 Å². The van der Waals surface area contributed by atoms with Crippen molar-refractivity contribution in [2.24, 2.45) is 10.7 Å². The van der Waals surface area contributed by atoms with Gasteiger partial charge in [0, 0.05) is 36.0 Å². The third-order valence-electron chi connectivity index (χ3n) is 4.22. The lowest BCUT2D eigenvalue weighted by Gasteiger charge is -2.06. The molecule has 35 heavy (non-hydrogen) atoms. The first kappa shape index (κ1) is 29.3. The number of hydrogen-bond donors (Lipinski definition) is 2. The number of amides is 2. The van der Waals surface area contributed by atoms with E-state index in [2.05, 4.69) is 42.8 Å². The number of aryl methyl sites for hydroxylation is 1. The number of alkyl halides is 1. The maximum absolute atomic E-state index is 13.1. The molecule has 0 aliphatic rings. The number of carbonyl (C=O) groups is 2. The molecule has 0 spiro atoms. The van der Waals surface area contributed by atoms with E-state index in [9.17, 15) is 18.4 Å². The fraction of sp³-hybridized carbons (Fsp3) is 0.208. The maximum atomic E-state index is 13.1. The van der Waals surface area contributed by atoms with Crippen LogP contribution < -0.4 is 11.1 Å². The van der Waals surface area contributed by atoms with Gasteiger partial charge in [-0.3, -0.25) is 24.0 Å². The Morgan fingerprint density at radius 2 is 2.03 bits per heavy atom. The predicted molar refractivity (Wildman–Crippen MR) is 135 cm³/mol. The van der Waals surface area contributed by atoms with Gasteiger partial charge in [0.2, 0.25) is 5.91 Å². The number of nitrogens with two attached hydrogens (primary N) is 1. The molecule has 3 N–H and O–H groups in total. The normalized spacial score (nSPS) is 9.97. The van der Waals surface area contributed by atoms with Crippen LogP contribution in [0.1, 0.15) is 32.8 Å². The van der Waals surface area contributed by atoms with Crippen LogP contribution in [0, 0.1) is 5.82 Å². The van der Waals surface area contributed by atoms with Gasteiger partial charge >= 0.3 is 0 Å². The molecule has 2 amide bonds. The Bertz CT molecular complexity index is 1150. The Labute approximate surface area is 210 Å². The highest BCUT2D eigenvalue weighted by molar-refractivity contribution is 9.10. The number of oxazole rings is 1. The van der Waals surface area contributed by atoms with Gasteiger partial charge in [-0.15, -0.1) is 0 Å². The Kier molecular flexibility index (Phi) is 13.4. The summed E-state index contributed by atoms with van der Waals surface area (Å²) in [6.07, 6.45) is 8.39. The van der Waals surface area contributed by atoms with Gasteiger partial charge in [0.15, 0.2) is 17.8 Å². The van der Waals surface area contributed by atoms with Gasteiger partial charge in [-0.25, -0.2) is 9.37 Å². The second-order valence-corrected chi connectivity index (χ2v) is 7.46. The van der Waals surface area contributed by atoms with E-state index in [0.717, 1.165) is 11.8 Å². The third kappa shape index (κ3) is 9.57. The lowest BCUT2D eigenvalue weighted by Crippen LogP contribution is -2.25. The summed E-state index contributed by atoms with van der Waals surface area (Å²) in [5.74, 6) is -1.07. The van der Waals surface area contributed by atoms with Crippen molar-refractivity contribution in [1.82, 2.24) is 15.3 Å². The van der Waals surface area contributed by atoms with E-state index in [-0.39, 0.29) is 17.3 Å². The highest BCUT2D eigenvalue weighted by atomic mass is 79.9. The second kappa shape index (κ2) is 16.0. The van der Waals surface area contributed by atoms with Gasteiger partial charge < -0.3 is 15.5 Å². The van der Waals surface area contributed by atoms with Gasteiger partial charge in [0.1, 0.15) is 5.82 Å². The number of pyridine rings is 1. The van der Waals surface area contributed by atoms with Crippen molar-refractivity contribution in [3.63, 3.8) is 0 Å². The second-order valence-electron chi connectivity index (χ2n) is 6.60. The number of carbonyl (C=O) groups excluding carboxylic acids is 2. The molecule has 0 radical (unpaired) electrons. The summed E-state index contributed by atoms with van der Waals surface area (Å²) >= 11 is 3.28. The lowest BCUT2D eigenvalue weighted by atomic mass is 10.1. The lowest BCUT2D eigenvalue weighted by molar-refractivity contribution is 0.0947. The molecule has 0 aliphatic heterocycles. The quantitative estimate of drug-likeness (QED) is 0.315. The van der Waals surface area contributed by atoms with Crippen molar-refractivity contribution in [1.29, 1.82) is 0 Å². The molecule has 3 rings (SSSR count). The summed E-state index contributed by atoms with van der Waals surface area (Å²) in [4.78, 5) is 35.1.